The molecule has 2 rings (SSSR count). The number of amides is 1. The zero-order valence-corrected chi connectivity index (χ0v) is 12.7. The number of anilines is 1. The van der Waals surface area contributed by atoms with Gasteiger partial charge in [-0.25, -0.2) is 0 Å². The summed E-state index contributed by atoms with van der Waals surface area (Å²) in [5.74, 6) is 0.0291. The van der Waals surface area contributed by atoms with Crippen LogP contribution in [0, 0.1) is 13.8 Å². The molecule has 3 nitrogen and oxygen atoms in total. The van der Waals surface area contributed by atoms with Crippen LogP contribution in [-0.4, -0.2) is 19.0 Å². The van der Waals surface area contributed by atoms with E-state index in [9.17, 15) is 4.79 Å². The second-order valence-corrected chi connectivity index (χ2v) is 5.31. The van der Waals surface area contributed by atoms with Gasteiger partial charge in [0.2, 0.25) is 0 Å². The molecule has 0 saturated carbocycles. The van der Waals surface area contributed by atoms with E-state index in [0.717, 1.165) is 28.8 Å². The molecule has 0 fully saturated rings. The molecule has 21 heavy (non-hydrogen) atoms. The van der Waals surface area contributed by atoms with Gasteiger partial charge in [-0.2, -0.15) is 0 Å². The molecule has 2 aromatic carbocycles. The molecule has 0 aliphatic carbocycles. The number of aryl methyl sites for hydroxylation is 2. The molecule has 2 N–H and O–H groups in total. The number of nitrogens with zero attached hydrogens (tertiary/aromatic N) is 1. The number of carbonyl (C=O) groups is 1. The second kappa shape index (κ2) is 7.04. The molecular weight excluding hydrogens is 260 g/mol. The van der Waals surface area contributed by atoms with Crippen LogP contribution >= 0.6 is 0 Å². The minimum atomic E-state index is 0.0291. The Bertz CT molecular complexity index is 588. The summed E-state index contributed by atoms with van der Waals surface area (Å²) in [5, 5.41) is 0. The maximum absolute atomic E-state index is 12.8. The molecule has 0 unspecified atom stereocenters. The Hall–Kier alpha value is -2.13. The predicted octanol–water partition coefficient (Wildman–Crippen LogP) is 3.30. The molecule has 110 valence electrons. The van der Waals surface area contributed by atoms with Crippen molar-refractivity contribution in [1.29, 1.82) is 0 Å². The van der Waals surface area contributed by atoms with Crippen molar-refractivity contribution in [3.05, 3.63) is 65.2 Å². The van der Waals surface area contributed by atoms with Crippen LogP contribution in [0.3, 0.4) is 0 Å². The second-order valence-electron chi connectivity index (χ2n) is 5.31. The van der Waals surface area contributed by atoms with Crippen molar-refractivity contribution in [1.82, 2.24) is 0 Å². The van der Waals surface area contributed by atoms with Gasteiger partial charge < -0.3 is 10.6 Å². The van der Waals surface area contributed by atoms with Crippen LogP contribution < -0.4 is 10.6 Å². The first kappa shape index (κ1) is 15.3. The standard InChI is InChI=1S/C18H22N2O/c1-14-11-15(2)13-16(12-14)18(21)20(10-6-9-19)17-7-4-3-5-8-17/h3-5,7-8,11-13H,6,9-10,19H2,1-2H3. The first-order valence-corrected chi connectivity index (χ1v) is 7.27. The van der Waals surface area contributed by atoms with Crippen LogP contribution in [0.2, 0.25) is 0 Å². The fourth-order valence-corrected chi connectivity index (χ4v) is 2.46. The van der Waals surface area contributed by atoms with E-state index in [1.165, 1.54) is 0 Å². The van der Waals surface area contributed by atoms with Crippen molar-refractivity contribution in [2.75, 3.05) is 18.0 Å². The Morgan fingerprint density at radius 3 is 2.24 bits per heavy atom. The van der Waals surface area contributed by atoms with Gasteiger partial charge in [0.25, 0.3) is 5.91 Å². The Kier molecular flexibility index (Phi) is 5.12. The van der Waals surface area contributed by atoms with E-state index < -0.39 is 0 Å². The minimum Gasteiger partial charge on any atom is -0.330 e. The lowest BCUT2D eigenvalue weighted by Gasteiger charge is -2.23. The van der Waals surface area contributed by atoms with Gasteiger partial charge in [-0.15, -0.1) is 0 Å². The van der Waals surface area contributed by atoms with Crippen molar-refractivity contribution in [3.63, 3.8) is 0 Å². The number of hydrogen-bond donors (Lipinski definition) is 1. The molecule has 0 atom stereocenters. The summed E-state index contributed by atoms with van der Waals surface area (Å²) < 4.78 is 0. The van der Waals surface area contributed by atoms with E-state index in [1.54, 1.807) is 4.90 Å². The predicted molar refractivity (Wildman–Crippen MR) is 87.7 cm³/mol. The maximum Gasteiger partial charge on any atom is 0.258 e. The summed E-state index contributed by atoms with van der Waals surface area (Å²) in [6.07, 6.45) is 0.783. The van der Waals surface area contributed by atoms with Crippen molar-refractivity contribution >= 4 is 11.6 Å². The monoisotopic (exact) mass is 282 g/mol. The maximum atomic E-state index is 12.8. The van der Waals surface area contributed by atoms with Crippen molar-refractivity contribution < 1.29 is 4.79 Å². The summed E-state index contributed by atoms with van der Waals surface area (Å²) in [6.45, 7) is 5.23. The number of hydrogen-bond acceptors (Lipinski definition) is 2. The van der Waals surface area contributed by atoms with Gasteiger partial charge in [-0.05, 0) is 51.1 Å². The van der Waals surface area contributed by atoms with E-state index in [1.807, 2.05) is 56.3 Å². The lowest BCUT2D eigenvalue weighted by Crippen LogP contribution is -2.33. The minimum absolute atomic E-state index is 0.0291. The zero-order chi connectivity index (χ0) is 15.2. The van der Waals surface area contributed by atoms with Gasteiger partial charge in [0.05, 0.1) is 0 Å². The summed E-state index contributed by atoms with van der Waals surface area (Å²) in [7, 11) is 0. The summed E-state index contributed by atoms with van der Waals surface area (Å²) in [5.41, 5.74) is 9.45. The van der Waals surface area contributed by atoms with E-state index in [4.69, 9.17) is 5.73 Å². The molecule has 0 heterocycles. The van der Waals surface area contributed by atoms with Crippen LogP contribution in [0.15, 0.2) is 48.5 Å². The van der Waals surface area contributed by atoms with Crippen molar-refractivity contribution in [3.8, 4) is 0 Å². The van der Waals surface area contributed by atoms with Crippen LogP contribution in [0.1, 0.15) is 27.9 Å². The molecular formula is C18H22N2O. The first-order valence-electron chi connectivity index (χ1n) is 7.27. The van der Waals surface area contributed by atoms with Gasteiger partial charge in [0, 0.05) is 17.8 Å². The Balaban J connectivity index is 2.33. The summed E-state index contributed by atoms with van der Waals surface area (Å²) in [6, 6.07) is 15.7. The van der Waals surface area contributed by atoms with Crippen molar-refractivity contribution in [2.24, 2.45) is 5.73 Å². The average molecular weight is 282 g/mol. The third kappa shape index (κ3) is 3.92. The fraction of sp³-hybridized carbons (Fsp3) is 0.278. The van der Waals surface area contributed by atoms with Gasteiger partial charge in [0.15, 0.2) is 0 Å². The SMILES string of the molecule is Cc1cc(C)cc(C(=O)N(CCCN)c2ccccc2)c1. The average Bonchev–Trinajstić information content (AvgIpc) is 2.47. The van der Waals surface area contributed by atoms with E-state index in [2.05, 4.69) is 6.07 Å². The molecule has 0 radical (unpaired) electrons. The van der Waals surface area contributed by atoms with Gasteiger partial charge >= 0.3 is 0 Å². The van der Waals surface area contributed by atoms with Crippen LogP contribution in [0.5, 0.6) is 0 Å². The Morgan fingerprint density at radius 2 is 1.67 bits per heavy atom. The van der Waals surface area contributed by atoms with Gasteiger partial charge in [0.1, 0.15) is 0 Å². The van der Waals surface area contributed by atoms with E-state index in [-0.39, 0.29) is 5.91 Å². The van der Waals surface area contributed by atoms with E-state index in [0.29, 0.717) is 13.1 Å². The van der Waals surface area contributed by atoms with Gasteiger partial charge in [-0.3, -0.25) is 4.79 Å². The highest BCUT2D eigenvalue weighted by Crippen LogP contribution is 2.18. The molecule has 2 aromatic rings. The summed E-state index contributed by atoms with van der Waals surface area (Å²) >= 11 is 0. The number of benzene rings is 2. The number of rotatable bonds is 5. The summed E-state index contributed by atoms with van der Waals surface area (Å²) in [4.78, 5) is 14.6. The lowest BCUT2D eigenvalue weighted by atomic mass is 10.1. The normalized spacial score (nSPS) is 10.4. The van der Waals surface area contributed by atoms with Gasteiger partial charge in [-0.1, -0.05) is 35.4 Å². The lowest BCUT2D eigenvalue weighted by molar-refractivity contribution is 0.0986. The molecule has 1 amide bonds. The highest BCUT2D eigenvalue weighted by molar-refractivity contribution is 6.06. The topological polar surface area (TPSA) is 46.3 Å². The molecule has 0 aromatic heterocycles. The fourth-order valence-electron chi connectivity index (χ4n) is 2.46. The third-order valence-corrected chi connectivity index (χ3v) is 3.37. The highest BCUT2D eigenvalue weighted by Gasteiger charge is 2.17. The molecule has 0 aliphatic rings. The molecule has 0 saturated heterocycles. The number of carbonyl (C=O) groups excluding carboxylic acids is 1. The highest BCUT2D eigenvalue weighted by atomic mass is 16.2. The molecule has 3 heteroatoms. The number of para-hydroxylation sites is 1. The first-order chi connectivity index (χ1) is 10.1. The Labute approximate surface area is 126 Å². The smallest absolute Gasteiger partial charge is 0.258 e. The number of nitrogens with two attached hydrogens (primary N) is 1. The molecule has 0 bridgehead atoms. The van der Waals surface area contributed by atoms with Crippen molar-refractivity contribution in [2.45, 2.75) is 20.3 Å². The largest absolute Gasteiger partial charge is 0.330 e. The molecule has 0 spiro atoms. The third-order valence-electron chi connectivity index (χ3n) is 3.37. The van der Waals surface area contributed by atoms with Crippen LogP contribution in [-0.2, 0) is 0 Å². The van der Waals surface area contributed by atoms with Crippen LogP contribution in [0.4, 0.5) is 5.69 Å². The van der Waals surface area contributed by atoms with E-state index >= 15 is 0 Å². The zero-order valence-electron chi connectivity index (χ0n) is 12.7. The molecule has 0 aliphatic heterocycles. The van der Waals surface area contributed by atoms with Crippen LogP contribution in [0.25, 0.3) is 0 Å². The Morgan fingerprint density at radius 1 is 1.05 bits per heavy atom. The quantitative estimate of drug-likeness (QED) is 0.914.